The first-order chi connectivity index (χ1) is 4.09. The van der Waals surface area contributed by atoms with Crippen molar-refractivity contribution in [3.05, 3.63) is 0 Å². The molecule has 3 nitrogen and oxygen atoms in total. The highest BCUT2D eigenvalue weighted by molar-refractivity contribution is 5.72. The van der Waals surface area contributed by atoms with Crippen LogP contribution in [0.3, 0.4) is 0 Å². The quantitative estimate of drug-likeness (QED) is 0.567. The minimum atomic E-state index is -2.52. The second kappa shape index (κ2) is 3.34. The molecule has 0 aromatic carbocycles. The first kappa shape index (κ1) is 8.29. The number of aliphatic hydroxyl groups is 1. The van der Waals surface area contributed by atoms with Crippen LogP contribution >= 0.6 is 0 Å². The molecule has 0 saturated heterocycles. The lowest BCUT2D eigenvalue weighted by molar-refractivity contribution is -0.147. The van der Waals surface area contributed by atoms with E-state index in [1.165, 1.54) is 0 Å². The van der Waals surface area contributed by atoms with Gasteiger partial charge in [-0.25, -0.2) is 13.6 Å². The number of carbonyl (C=O) groups is 1. The fourth-order valence-electron chi connectivity index (χ4n) is 0.243. The van der Waals surface area contributed by atoms with E-state index in [4.69, 9.17) is 10.2 Å². The van der Waals surface area contributed by atoms with Crippen molar-refractivity contribution in [2.75, 3.05) is 6.67 Å². The number of halogens is 2. The molecular weight excluding hydrogens is 134 g/mol. The highest BCUT2D eigenvalue weighted by atomic mass is 19.1. The third-order valence-corrected chi connectivity index (χ3v) is 0.732. The Morgan fingerprint density at radius 2 is 2.11 bits per heavy atom. The van der Waals surface area contributed by atoms with Crippen LogP contribution in [0, 0.1) is 0 Å². The molecule has 9 heavy (non-hydrogen) atoms. The number of carboxylic acids is 1. The van der Waals surface area contributed by atoms with Gasteiger partial charge in [-0.2, -0.15) is 0 Å². The van der Waals surface area contributed by atoms with E-state index in [1.807, 2.05) is 0 Å². The summed E-state index contributed by atoms with van der Waals surface area (Å²) in [6.45, 7) is -1.38. The summed E-state index contributed by atoms with van der Waals surface area (Å²) < 4.78 is 23.1. The van der Waals surface area contributed by atoms with Crippen molar-refractivity contribution < 1.29 is 23.8 Å². The second-order valence-corrected chi connectivity index (χ2v) is 1.46. The van der Waals surface area contributed by atoms with E-state index < -0.39 is 24.9 Å². The van der Waals surface area contributed by atoms with Gasteiger partial charge in [-0.3, -0.25) is 0 Å². The normalized spacial score (nSPS) is 16.8. The number of rotatable bonds is 3. The van der Waals surface area contributed by atoms with Crippen molar-refractivity contribution in [1.82, 2.24) is 0 Å². The summed E-state index contributed by atoms with van der Waals surface area (Å²) in [5.41, 5.74) is 0. The number of aliphatic carboxylic acids is 1. The largest absolute Gasteiger partial charge is 0.479 e. The molecule has 0 aliphatic heterocycles. The van der Waals surface area contributed by atoms with E-state index in [1.54, 1.807) is 0 Å². The maximum atomic E-state index is 11.8. The summed E-state index contributed by atoms with van der Waals surface area (Å²) in [4.78, 5) is 9.60. The van der Waals surface area contributed by atoms with Crippen LogP contribution in [0.5, 0.6) is 0 Å². The maximum Gasteiger partial charge on any atom is 0.341 e. The Morgan fingerprint density at radius 1 is 1.67 bits per heavy atom. The van der Waals surface area contributed by atoms with Crippen LogP contribution in [0.4, 0.5) is 8.78 Å². The molecule has 0 amide bonds. The van der Waals surface area contributed by atoms with Crippen LogP contribution in [-0.2, 0) is 4.79 Å². The topological polar surface area (TPSA) is 57.5 Å². The molecule has 2 N–H and O–H groups in total. The Labute approximate surface area is 49.9 Å². The van der Waals surface area contributed by atoms with E-state index in [2.05, 4.69) is 0 Å². The predicted octanol–water partition coefficient (Wildman–Crippen LogP) is -0.260. The molecule has 0 aromatic rings. The minimum absolute atomic E-state index is 1.38. The molecule has 0 rings (SSSR count). The first-order valence-electron chi connectivity index (χ1n) is 2.20. The molecule has 0 aromatic heterocycles. The molecule has 0 radical (unpaired) electrons. The number of aliphatic hydroxyl groups excluding tert-OH is 1. The number of carboxylic acid groups (broad SMARTS) is 1. The van der Waals surface area contributed by atoms with Gasteiger partial charge in [0, 0.05) is 0 Å². The Balaban J connectivity index is 3.72. The van der Waals surface area contributed by atoms with Gasteiger partial charge in [0.2, 0.25) is 6.17 Å². The van der Waals surface area contributed by atoms with Crippen molar-refractivity contribution in [2.24, 2.45) is 0 Å². The molecule has 0 fully saturated rings. The molecule has 0 spiro atoms. The Bertz CT molecular complexity index is 106. The summed E-state index contributed by atoms with van der Waals surface area (Å²) in [6, 6.07) is 0. The molecular formula is C4H6F2O3. The van der Waals surface area contributed by atoms with E-state index >= 15 is 0 Å². The standard InChI is InChI=1S/C4H6F2O3/c5-1-2(7)3(6)4(8)9/h2-3,7H,1H2,(H,8,9). The summed E-state index contributed by atoms with van der Waals surface area (Å²) in [7, 11) is 0. The third kappa shape index (κ3) is 2.36. The van der Waals surface area contributed by atoms with Crippen molar-refractivity contribution in [3.63, 3.8) is 0 Å². The Kier molecular flexibility index (Phi) is 3.08. The lowest BCUT2D eigenvalue weighted by Gasteiger charge is -2.05. The Hall–Kier alpha value is -0.710. The fourth-order valence-corrected chi connectivity index (χ4v) is 0.243. The zero-order valence-electron chi connectivity index (χ0n) is 4.42. The zero-order chi connectivity index (χ0) is 7.44. The van der Waals surface area contributed by atoms with Crippen molar-refractivity contribution in [2.45, 2.75) is 12.3 Å². The molecule has 0 aliphatic carbocycles. The van der Waals surface area contributed by atoms with Gasteiger partial charge in [0.25, 0.3) is 0 Å². The number of alkyl halides is 2. The Morgan fingerprint density at radius 3 is 2.22 bits per heavy atom. The van der Waals surface area contributed by atoms with Gasteiger partial charge < -0.3 is 10.2 Å². The molecule has 0 heterocycles. The van der Waals surface area contributed by atoms with Crippen molar-refractivity contribution >= 4 is 5.97 Å². The summed E-state index contributed by atoms with van der Waals surface area (Å²) in [6.07, 6.45) is -4.56. The lowest BCUT2D eigenvalue weighted by Crippen LogP contribution is -2.31. The lowest BCUT2D eigenvalue weighted by atomic mass is 10.2. The fraction of sp³-hybridized carbons (Fsp3) is 0.750. The van der Waals surface area contributed by atoms with Gasteiger partial charge in [-0.15, -0.1) is 0 Å². The average Bonchev–Trinajstić information content (AvgIpc) is 1.84. The molecule has 2 unspecified atom stereocenters. The SMILES string of the molecule is O=C(O)C(F)C(O)CF. The summed E-state index contributed by atoms with van der Waals surface area (Å²) in [5.74, 6) is -1.85. The molecule has 54 valence electrons. The van der Waals surface area contributed by atoms with E-state index in [9.17, 15) is 13.6 Å². The summed E-state index contributed by atoms with van der Waals surface area (Å²) in [5, 5.41) is 15.9. The zero-order valence-corrected chi connectivity index (χ0v) is 4.42. The van der Waals surface area contributed by atoms with Crippen LogP contribution in [0.1, 0.15) is 0 Å². The molecule has 0 saturated carbocycles. The van der Waals surface area contributed by atoms with Gasteiger partial charge in [-0.05, 0) is 0 Å². The van der Waals surface area contributed by atoms with Gasteiger partial charge in [0.05, 0.1) is 0 Å². The van der Waals surface area contributed by atoms with Crippen LogP contribution in [0.2, 0.25) is 0 Å². The van der Waals surface area contributed by atoms with Gasteiger partial charge in [0.15, 0.2) is 0 Å². The highest BCUT2D eigenvalue weighted by Crippen LogP contribution is 1.98. The first-order valence-corrected chi connectivity index (χ1v) is 2.20. The summed E-state index contributed by atoms with van der Waals surface area (Å²) >= 11 is 0. The molecule has 2 atom stereocenters. The average molecular weight is 140 g/mol. The van der Waals surface area contributed by atoms with Crippen LogP contribution in [0.15, 0.2) is 0 Å². The monoisotopic (exact) mass is 140 g/mol. The molecule has 5 heteroatoms. The van der Waals surface area contributed by atoms with Gasteiger partial charge in [-0.1, -0.05) is 0 Å². The minimum Gasteiger partial charge on any atom is -0.479 e. The maximum absolute atomic E-state index is 11.8. The molecule has 0 bridgehead atoms. The smallest absolute Gasteiger partial charge is 0.341 e. The van der Waals surface area contributed by atoms with E-state index in [0.29, 0.717) is 0 Å². The van der Waals surface area contributed by atoms with Crippen LogP contribution in [0.25, 0.3) is 0 Å². The van der Waals surface area contributed by atoms with E-state index in [0.717, 1.165) is 0 Å². The van der Waals surface area contributed by atoms with Crippen molar-refractivity contribution in [3.8, 4) is 0 Å². The van der Waals surface area contributed by atoms with Crippen LogP contribution < -0.4 is 0 Å². The number of hydrogen-bond acceptors (Lipinski definition) is 2. The highest BCUT2D eigenvalue weighted by Gasteiger charge is 2.25. The predicted molar refractivity (Wildman–Crippen MR) is 24.5 cm³/mol. The van der Waals surface area contributed by atoms with Crippen molar-refractivity contribution in [1.29, 1.82) is 0 Å². The van der Waals surface area contributed by atoms with Gasteiger partial charge >= 0.3 is 5.97 Å². The molecule has 0 aliphatic rings. The number of hydrogen-bond donors (Lipinski definition) is 2. The van der Waals surface area contributed by atoms with Crippen LogP contribution in [-0.4, -0.2) is 35.1 Å². The van der Waals surface area contributed by atoms with E-state index in [-0.39, 0.29) is 0 Å². The van der Waals surface area contributed by atoms with Gasteiger partial charge in [0.1, 0.15) is 12.8 Å². The second-order valence-electron chi connectivity index (χ2n) is 1.46. The third-order valence-electron chi connectivity index (χ3n) is 0.732.